The Hall–Kier alpha value is -3.21. The number of aliphatic carboxylic acids is 3. The molecule has 11 nitrogen and oxygen atoms in total. The first-order valence-electron chi connectivity index (χ1n) is 8.53. The Morgan fingerprint density at radius 2 is 1.14 bits per heavy atom. The highest BCUT2D eigenvalue weighted by Crippen LogP contribution is 2.04. The largest absolute Gasteiger partial charge is 0.480 e. The summed E-state index contributed by atoms with van der Waals surface area (Å²) in [5.41, 5.74) is 0. The Morgan fingerprint density at radius 1 is 0.750 bits per heavy atom. The van der Waals surface area contributed by atoms with Crippen LogP contribution in [0.4, 0.5) is 0 Å². The lowest BCUT2D eigenvalue weighted by Gasteiger charge is -2.27. The van der Waals surface area contributed by atoms with Crippen molar-refractivity contribution >= 4 is 17.9 Å². The van der Waals surface area contributed by atoms with Gasteiger partial charge in [0.05, 0.1) is 6.10 Å². The second-order valence-electron chi connectivity index (χ2n) is 6.23. The van der Waals surface area contributed by atoms with Gasteiger partial charge in [0.2, 0.25) is 0 Å². The Kier molecular flexibility index (Phi) is 9.37. The van der Waals surface area contributed by atoms with Crippen molar-refractivity contribution < 1.29 is 34.8 Å². The van der Waals surface area contributed by atoms with Gasteiger partial charge in [-0.3, -0.25) is 14.4 Å². The molecule has 28 heavy (non-hydrogen) atoms. The minimum absolute atomic E-state index is 0.210. The lowest BCUT2D eigenvalue weighted by Crippen LogP contribution is -2.36. The van der Waals surface area contributed by atoms with E-state index >= 15 is 0 Å². The quantitative estimate of drug-likeness (QED) is 0.410. The average Bonchev–Trinajstić information content (AvgIpc) is 2.55. The van der Waals surface area contributed by atoms with Gasteiger partial charge in [-0.15, -0.1) is 0 Å². The molecule has 11 heteroatoms. The number of aliphatic hydroxyl groups is 1. The summed E-state index contributed by atoms with van der Waals surface area (Å²) < 4.78 is 0. The van der Waals surface area contributed by atoms with E-state index in [4.69, 9.17) is 15.3 Å². The van der Waals surface area contributed by atoms with E-state index in [1.54, 1.807) is 24.2 Å². The van der Waals surface area contributed by atoms with Gasteiger partial charge >= 0.3 is 17.9 Å². The summed E-state index contributed by atoms with van der Waals surface area (Å²) in [7, 11) is 0. The number of nitrogens with zero attached hydrogens (tertiary/aromatic N) is 4. The Morgan fingerprint density at radius 3 is 1.57 bits per heavy atom. The van der Waals surface area contributed by atoms with Crippen LogP contribution < -0.4 is 0 Å². The van der Waals surface area contributed by atoms with Crippen molar-refractivity contribution in [3.05, 3.63) is 37.2 Å². The minimum atomic E-state index is -1.07. The first-order chi connectivity index (χ1) is 13.2. The molecule has 0 radical (unpaired) electrons. The summed E-state index contributed by atoms with van der Waals surface area (Å²) in [6, 6.07) is 0. The maximum Gasteiger partial charge on any atom is 0.323 e. The fraction of sp³-hybridized carbons (Fsp3) is 0.471. The third-order valence-electron chi connectivity index (χ3n) is 3.53. The molecule has 0 aromatic rings. The van der Waals surface area contributed by atoms with E-state index in [1.807, 2.05) is 0 Å². The average molecular weight is 398 g/mol. The molecule has 0 saturated heterocycles. The topological polar surface area (TPSA) is 145 Å². The third kappa shape index (κ3) is 10.1. The van der Waals surface area contributed by atoms with Crippen LogP contribution in [0.2, 0.25) is 0 Å². The summed E-state index contributed by atoms with van der Waals surface area (Å²) in [6.07, 6.45) is 8.32. The summed E-state index contributed by atoms with van der Waals surface area (Å²) in [6.45, 7) is 1.30. The molecule has 0 bridgehead atoms. The van der Waals surface area contributed by atoms with Crippen molar-refractivity contribution in [3.8, 4) is 0 Å². The number of hydrogen-bond acceptors (Lipinski definition) is 8. The molecule has 0 aromatic carbocycles. The number of carboxylic acids is 3. The van der Waals surface area contributed by atoms with Crippen LogP contribution in [0, 0.1) is 0 Å². The Balaban J connectivity index is 3.16. The molecule has 1 aliphatic rings. The van der Waals surface area contributed by atoms with Gasteiger partial charge in [-0.2, -0.15) is 0 Å². The van der Waals surface area contributed by atoms with Gasteiger partial charge in [0.15, 0.2) is 0 Å². The highest BCUT2D eigenvalue weighted by molar-refractivity contribution is 5.70. The third-order valence-corrected chi connectivity index (χ3v) is 3.53. The standard InChI is InChI=1S/C17H26N4O7/c1-14(22)10-18-2-4-19(11-15(23)24)6-8-21(13-17(27)28)9-7-20(5-3-18)12-16(25)26/h2-6,8,14,22H,7,9-13H2,1H3,(H,23,24)(H,25,26)(H,27,28)/b4-2-,5-3-,8-6+/t14-/m1/s1. The second kappa shape index (κ2) is 11.5. The van der Waals surface area contributed by atoms with Gasteiger partial charge in [0, 0.05) is 56.8 Å². The van der Waals surface area contributed by atoms with Crippen molar-refractivity contribution in [1.82, 2.24) is 19.6 Å². The molecule has 0 saturated carbocycles. The maximum absolute atomic E-state index is 11.1. The zero-order valence-electron chi connectivity index (χ0n) is 15.6. The monoisotopic (exact) mass is 398 g/mol. The molecule has 0 spiro atoms. The van der Waals surface area contributed by atoms with Crippen LogP contribution in [-0.4, -0.2) is 103 Å². The molecule has 1 rings (SSSR count). The Bertz CT molecular complexity index is 633. The van der Waals surface area contributed by atoms with Gasteiger partial charge < -0.3 is 40.0 Å². The summed E-state index contributed by atoms with van der Waals surface area (Å²) >= 11 is 0. The van der Waals surface area contributed by atoms with Crippen molar-refractivity contribution in [2.75, 3.05) is 39.3 Å². The normalized spacial score (nSPS) is 19.9. The van der Waals surface area contributed by atoms with Gasteiger partial charge in [-0.1, -0.05) is 0 Å². The van der Waals surface area contributed by atoms with E-state index in [0.717, 1.165) is 0 Å². The fourth-order valence-corrected chi connectivity index (χ4v) is 2.34. The molecule has 156 valence electrons. The van der Waals surface area contributed by atoms with Crippen molar-refractivity contribution in [2.45, 2.75) is 13.0 Å². The predicted molar refractivity (Wildman–Crippen MR) is 98.6 cm³/mol. The van der Waals surface area contributed by atoms with Crippen molar-refractivity contribution in [2.24, 2.45) is 0 Å². The number of carboxylic acid groups (broad SMARTS) is 3. The first-order valence-corrected chi connectivity index (χ1v) is 8.53. The predicted octanol–water partition coefficient (Wildman–Crippen LogP) is -0.744. The summed E-state index contributed by atoms with van der Waals surface area (Å²) in [5, 5.41) is 36.8. The van der Waals surface area contributed by atoms with E-state index in [-0.39, 0.29) is 39.3 Å². The lowest BCUT2D eigenvalue weighted by molar-refractivity contribution is -0.139. The number of hydrogen-bond donors (Lipinski definition) is 4. The van der Waals surface area contributed by atoms with Crippen LogP contribution in [0.15, 0.2) is 37.2 Å². The van der Waals surface area contributed by atoms with E-state index in [2.05, 4.69) is 0 Å². The summed E-state index contributed by atoms with van der Waals surface area (Å²) in [5.74, 6) is -3.18. The highest BCUT2D eigenvalue weighted by Gasteiger charge is 2.12. The number of aliphatic hydroxyl groups excluding tert-OH is 1. The molecule has 0 aliphatic carbocycles. The smallest absolute Gasteiger partial charge is 0.323 e. The molecular weight excluding hydrogens is 372 g/mol. The molecule has 0 amide bonds. The molecule has 0 aromatic heterocycles. The zero-order valence-corrected chi connectivity index (χ0v) is 15.6. The van der Waals surface area contributed by atoms with E-state index in [9.17, 15) is 19.5 Å². The van der Waals surface area contributed by atoms with E-state index < -0.39 is 24.0 Å². The van der Waals surface area contributed by atoms with Crippen LogP contribution in [0.3, 0.4) is 0 Å². The second-order valence-corrected chi connectivity index (χ2v) is 6.23. The van der Waals surface area contributed by atoms with Crippen LogP contribution in [-0.2, 0) is 14.4 Å². The molecule has 0 unspecified atom stereocenters. The SMILES string of the molecule is C[C@@H](O)CN1/C=C\N(CC(=O)O)/C=C/N(CC(=O)O)CCN(CC(=O)O)/C=C\1. The van der Waals surface area contributed by atoms with Gasteiger partial charge in [0.1, 0.15) is 19.6 Å². The Labute approximate surface area is 162 Å². The minimum Gasteiger partial charge on any atom is -0.480 e. The molecule has 0 fully saturated rings. The van der Waals surface area contributed by atoms with Gasteiger partial charge in [-0.05, 0) is 6.92 Å². The van der Waals surface area contributed by atoms with E-state index in [0.29, 0.717) is 0 Å². The zero-order chi connectivity index (χ0) is 21.1. The lowest BCUT2D eigenvalue weighted by atomic mass is 10.3. The van der Waals surface area contributed by atoms with Crippen molar-refractivity contribution in [3.63, 3.8) is 0 Å². The molecule has 1 atom stereocenters. The molecule has 4 N–H and O–H groups in total. The highest BCUT2D eigenvalue weighted by atomic mass is 16.4. The molecule has 1 aliphatic heterocycles. The number of rotatable bonds is 8. The fourth-order valence-electron chi connectivity index (χ4n) is 2.34. The van der Waals surface area contributed by atoms with E-state index in [1.165, 1.54) is 39.5 Å². The van der Waals surface area contributed by atoms with Crippen LogP contribution in [0.25, 0.3) is 0 Å². The van der Waals surface area contributed by atoms with Crippen molar-refractivity contribution in [1.29, 1.82) is 0 Å². The molecular formula is C17H26N4O7. The molecule has 1 heterocycles. The van der Waals surface area contributed by atoms with Gasteiger partial charge in [0.25, 0.3) is 0 Å². The van der Waals surface area contributed by atoms with Crippen LogP contribution in [0.1, 0.15) is 6.92 Å². The van der Waals surface area contributed by atoms with Gasteiger partial charge in [-0.25, -0.2) is 0 Å². The van der Waals surface area contributed by atoms with Crippen LogP contribution in [0.5, 0.6) is 0 Å². The number of carbonyl (C=O) groups is 3. The number of β-amino-alcohol motifs (C(OH)–C–C–N with tert-alkyl or cyclic N) is 1. The first kappa shape index (κ1) is 22.8. The maximum atomic E-state index is 11.1. The van der Waals surface area contributed by atoms with Crippen LogP contribution >= 0.6 is 0 Å². The summed E-state index contributed by atoms with van der Waals surface area (Å²) in [4.78, 5) is 39.1.